The minimum Gasteiger partial charge on any atom is -1.00 e. The molecule has 0 aliphatic carbocycles. The monoisotopic (exact) mass is 659 g/mol. The quantitative estimate of drug-likeness (QED) is 0.119. The van der Waals surface area contributed by atoms with E-state index >= 15 is 0 Å². The summed E-state index contributed by atoms with van der Waals surface area (Å²) in [6.07, 6.45) is 11.5. The van der Waals surface area contributed by atoms with Gasteiger partial charge < -0.3 is 41.0 Å². The minimum absolute atomic E-state index is 0. The molecule has 0 aliphatic rings. The number of methoxy groups -OCH3 is 4. The van der Waals surface area contributed by atoms with Gasteiger partial charge >= 0.3 is 63.3 Å². The van der Waals surface area contributed by atoms with Gasteiger partial charge in [-0.2, -0.15) is 0 Å². The predicted octanol–water partition coefficient (Wildman–Crippen LogP) is -0.776. The van der Waals surface area contributed by atoms with Crippen LogP contribution >= 0.6 is 0 Å². The van der Waals surface area contributed by atoms with Gasteiger partial charge in [0, 0.05) is 17.7 Å². The Balaban J connectivity index is -0.000000238. The van der Waals surface area contributed by atoms with Crippen LogP contribution in [0, 0.1) is 0 Å². The summed E-state index contributed by atoms with van der Waals surface area (Å²) in [5, 5.41) is 10.1. The van der Waals surface area contributed by atoms with Crippen LogP contribution in [0.5, 0.6) is 11.5 Å². The summed E-state index contributed by atoms with van der Waals surface area (Å²) < 4.78 is 18.8. The first-order valence-corrected chi connectivity index (χ1v) is 12.0. The van der Waals surface area contributed by atoms with Crippen molar-refractivity contribution in [3.63, 3.8) is 0 Å². The summed E-state index contributed by atoms with van der Waals surface area (Å²) in [7, 11) is 5.91. The van der Waals surface area contributed by atoms with Gasteiger partial charge in [0.1, 0.15) is 17.8 Å². The average molecular weight is 661 g/mol. The van der Waals surface area contributed by atoms with Gasteiger partial charge in [-0.25, -0.2) is 9.59 Å². The number of esters is 2. The number of hydrogen-bond donors (Lipinski definition) is 0. The molecule has 41 heavy (non-hydrogen) atoms. The maximum Gasteiger partial charge on any atom is 1.00 e. The van der Waals surface area contributed by atoms with Crippen LogP contribution in [-0.2, 0) is 19.1 Å². The molecular formula is C31H41BrKO8-. The number of carbonyl (C=O) groups excluding carboxylic acids is 3. The topological polar surface area (TPSA) is 111 Å². The molecule has 0 N–H and O–H groups in total. The van der Waals surface area contributed by atoms with Gasteiger partial charge in [-0.15, -0.1) is 5.60 Å². The van der Waals surface area contributed by atoms with Gasteiger partial charge in [0.25, 0.3) is 0 Å². The maximum absolute atomic E-state index is 10.8. The molecule has 2 aromatic rings. The number of rotatable bonds is 8. The van der Waals surface area contributed by atoms with Gasteiger partial charge in [-0.1, -0.05) is 76.3 Å². The molecule has 2 rings (SSSR count). The summed E-state index contributed by atoms with van der Waals surface area (Å²) in [4.78, 5) is 31.2. The summed E-state index contributed by atoms with van der Waals surface area (Å²) in [6, 6.07) is 14.6. The molecule has 0 aliphatic heterocycles. The summed E-state index contributed by atoms with van der Waals surface area (Å²) in [6.45, 7) is 6.85. The molecular weight excluding hydrogens is 619 g/mol. The summed E-state index contributed by atoms with van der Waals surface area (Å²) in [5.74, 6) is 0.867. The van der Waals surface area contributed by atoms with Crippen molar-refractivity contribution < 1.29 is 107 Å². The van der Waals surface area contributed by atoms with Crippen LogP contribution in [0.1, 0.15) is 50.0 Å². The van der Waals surface area contributed by atoms with E-state index in [9.17, 15) is 19.5 Å². The Bertz CT molecular complexity index is 1050. The van der Waals surface area contributed by atoms with E-state index in [1.165, 1.54) is 26.4 Å². The van der Waals surface area contributed by atoms with E-state index in [0.717, 1.165) is 24.0 Å². The van der Waals surface area contributed by atoms with E-state index in [1.54, 1.807) is 77.5 Å². The van der Waals surface area contributed by atoms with Crippen molar-refractivity contribution in [3.8, 4) is 11.5 Å². The van der Waals surface area contributed by atoms with Crippen LogP contribution in [0.25, 0.3) is 6.08 Å². The van der Waals surface area contributed by atoms with Gasteiger partial charge in [-0.05, 0) is 36.2 Å². The molecule has 0 saturated heterocycles. The molecule has 8 nitrogen and oxygen atoms in total. The fourth-order valence-electron chi connectivity index (χ4n) is 2.11. The van der Waals surface area contributed by atoms with Crippen molar-refractivity contribution in [2.24, 2.45) is 0 Å². The molecule has 0 saturated carbocycles. The van der Waals surface area contributed by atoms with Gasteiger partial charge in [0.05, 0.1) is 28.4 Å². The normalized spacial score (nSPS) is 9.78. The van der Waals surface area contributed by atoms with Crippen molar-refractivity contribution in [1.82, 2.24) is 0 Å². The largest absolute Gasteiger partial charge is 1.00 e. The zero-order chi connectivity index (χ0) is 30.1. The number of allylic oxidation sites excluding steroid dienone is 3. The molecule has 0 bridgehead atoms. The SMILES string of the molecule is CC(C)(C)[O-].CC/C=C/C(=O)OC.COC(=O)/C=C/C=C/c1cccc(OC)c1.COc1cccc(C=O)c1.[Br-].[K+]. The first kappa shape index (κ1) is 45.9. The second kappa shape index (κ2) is 29.4. The first-order valence-electron chi connectivity index (χ1n) is 12.0. The standard InChI is InChI=1S/C13H14O3.C8H8O2.C6H10O2.C4H9O.BrH.K/c1-15-12-8-5-7-11(10-12)6-3-4-9-13(14)16-2;1-10-8-4-2-3-7(5-8)6-9;1-3-4-5-6(7)8-2;1-4(2,3)5;;/h3-10H,1-2H3;2-6H,1H3;4-5H,3H2,1-2H3;1-3H3;1H;/q;;;-1;;+1/p-1/b6-3+,9-4+;;5-4+;;;. The number of hydrogen-bond acceptors (Lipinski definition) is 8. The van der Waals surface area contributed by atoms with Crippen LogP contribution in [0.15, 0.2) is 78.9 Å². The molecule has 0 aromatic heterocycles. The van der Waals surface area contributed by atoms with Gasteiger partial charge in [0.15, 0.2) is 0 Å². The van der Waals surface area contributed by atoms with E-state index in [0.29, 0.717) is 11.3 Å². The fraction of sp³-hybridized carbons (Fsp3) is 0.323. The van der Waals surface area contributed by atoms with Crippen molar-refractivity contribution in [1.29, 1.82) is 0 Å². The van der Waals surface area contributed by atoms with Gasteiger partial charge in [0.2, 0.25) is 0 Å². The van der Waals surface area contributed by atoms with Crippen molar-refractivity contribution in [2.45, 2.75) is 39.7 Å². The number of ether oxygens (including phenoxy) is 4. The molecule has 2 aromatic carbocycles. The number of benzene rings is 2. The van der Waals surface area contributed by atoms with Crippen LogP contribution in [0.4, 0.5) is 0 Å². The third kappa shape index (κ3) is 32.3. The predicted molar refractivity (Wildman–Crippen MR) is 153 cm³/mol. The molecule has 0 spiro atoms. The van der Waals surface area contributed by atoms with E-state index in [-0.39, 0.29) is 80.3 Å². The Morgan fingerprint density at radius 3 is 1.66 bits per heavy atom. The Morgan fingerprint density at radius 2 is 1.24 bits per heavy atom. The molecule has 0 radical (unpaired) electrons. The third-order valence-electron chi connectivity index (χ3n) is 3.85. The smallest absolute Gasteiger partial charge is 1.00 e. The first-order chi connectivity index (χ1) is 18.4. The maximum atomic E-state index is 10.8. The van der Waals surface area contributed by atoms with Crippen LogP contribution in [0.3, 0.4) is 0 Å². The van der Waals surface area contributed by atoms with Crippen LogP contribution < -0.4 is 82.9 Å². The third-order valence-corrected chi connectivity index (χ3v) is 3.85. The molecule has 10 heteroatoms. The Morgan fingerprint density at radius 1 is 0.805 bits per heavy atom. The molecule has 222 valence electrons. The number of halogens is 1. The van der Waals surface area contributed by atoms with Crippen molar-refractivity contribution in [2.75, 3.05) is 28.4 Å². The van der Waals surface area contributed by atoms with Crippen molar-refractivity contribution in [3.05, 3.63) is 90.0 Å². The second-order valence-electron chi connectivity index (χ2n) is 8.36. The summed E-state index contributed by atoms with van der Waals surface area (Å²) >= 11 is 0. The average Bonchev–Trinajstić information content (AvgIpc) is 2.93. The van der Waals surface area contributed by atoms with E-state index in [2.05, 4.69) is 9.47 Å². The van der Waals surface area contributed by atoms with Crippen LogP contribution in [0.2, 0.25) is 0 Å². The van der Waals surface area contributed by atoms with E-state index < -0.39 is 5.60 Å². The molecule has 0 unspecified atom stereocenters. The summed E-state index contributed by atoms with van der Waals surface area (Å²) in [5.41, 5.74) is 0.896. The number of carbonyl (C=O) groups is 3. The Labute approximate surface area is 298 Å². The second-order valence-corrected chi connectivity index (χ2v) is 8.36. The fourth-order valence-corrected chi connectivity index (χ4v) is 2.11. The zero-order valence-electron chi connectivity index (χ0n) is 25.5. The molecule has 0 amide bonds. The zero-order valence-corrected chi connectivity index (χ0v) is 30.2. The van der Waals surface area contributed by atoms with Gasteiger partial charge in [-0.3, -0.25) is 4.79 Å². The minimum atomic E-state index is -0.750. The van der Waals surface area contributed by atoms with Crippen molar-refractivity contribution >= 4 is 24.3 Å². The van der Waals surface area contributed by atoms with E-state index in [4.69, 9.17) is 9.47 Å². The Kier molecular flexibility index (Phi) is 33.0. The van der Waals surface area contributed by atoms with E-state index in [1.807, 2.05) is 37.3 Å². The molecule has 0 fully saturated rings. The molecule has 0 heterocycles. The molecule has 0 atom stereocenters. The number of aldehydes is 1. The van der Waals surface area contributed by atoms with Crippen LogP contribution in [-0.4, -0.2) is 52.3 Å². The Hall–Kier alpha value is -2.05.